The smallest absolute Gasteiger partial charge is 0.254 e. The number of pyridine rings is 1. The van der Waals surface area contributed by atoms with Crippen molar-refractivity contribution >= 4 is 11.6 Å². The van der Waals surface area contributed by atoms with Gasteiger partial charge in [-0.1, -0.05) is 13.0 Å². The van der Waals surface area contributed by atoms with E-state index in [1.54, 1.807) is 31.3 Å². The van der Waals surface area contributed by atoms with Gasteiger partial charge in [-0.3, -0.25) is 9.78 Å². The van der Waals surface area contributed by atoms with Crippen molar-refractivity contribution in [2.24, 2.45) is 5.41 Å². The predicted octanol–water partition coefficient (Wildman–Crippen LogP) is 2.82. The first-order chi connectivity index (χ1) is 17.6. The molecular formula is C28H37N3O6. The fourth-order valence-electron chi connectivity index (χ4n) is 5.56. The molecule has 3 aliphatic heterocycles. The Bertz CT molecular complexity index is 1120. The SMILES string of the molecule is COc1ccc([C@@H]2CN(C(=O)[C@@H]3COC(C)(C)O3)C[C@@]2(C)[C@@H](C)O)cc1OC1CN(c2ccncc2)C1. The highest BCUT2D eigenvalue weighted by molar-refractivity contribution is 5.82. The highest BCUT2D eigenvalue weighted by Crippen LogP contribution is 2.47. The van der Waals surface area contributed by atoms with Crippen LogP contribution in [0.3, 0.4) is 0 Å². The van der Waals surface area contributed by atoms with Gasteiger partial charge < -0.3 is 33.9 Å². The summed E-state index contributed by atoms with van der Waals surface area (Å²) in [4.78, 5) is 21.4. The number of nitrogens with zero attached hydrogens (tertiary/aromatic N) is 3. The minimum atomic E-state index is -0.774. The lowest BCUT2D eigenvalue weighted by Crippen LogP contribution is -2.54. The molecule has 1 aromatic carbocycles. The van der Waals surface area contributed by atoms with E-state index in [1.807, 2.05) is 51.1 Å². The van der Waals surface area contributed by atoms with Gasteiger partial charge in [-0.25, -0.2) is 0 Å². The summed E-state index contributed by atoms with van der Waals surface area (Å²) in [6.07, 6.45) is 2.35. The Morgan fingerprint density at radius 2 is 1.86 bits per heavy atom. The normalized spacial score (nSPS) is 28.2. The van der Waals surface area contributed by atoms with Crippen molar-refractivity contribution in [3.05, 3.63) is 48.3 Å². The van der Waals surface area contributed by atoms with Crippen molar-refractivity contribution in [3.63, 3.8) is 0 Å². The molecule has 0 aliphatic carbocycles. The van der Waals surface area contributed by atoms with Gasteiger partial charge in [0.2, 0.25) is 0 Å². The number of carbonyl (C=O) groups excluding carboxylic acids is 1. The monoisotopic (exact) mass is 511 g/mol. The Labute approximate surface area is 218 Å². The molecule has 37 heavy (non-hydrogen) atoms. The molecule has 4 heterocycles. The quantitative estimate of drug-likeness (QED) is 0.607. The number of aliphatic hydroxyl groups is 1. The van der Waals surface area contributed by atoms with Gasteiger partial charge >= 0.3 is 0 Å². The number of aliphatic hydroxyl groups excluding tert-OH is 1. The summed E-state index contributed by atoms with van der Waals surface area (Å²) in [6, 6.07) is 9.91. The lowest BCUT2D eigenvalue weighted by Gasteiger charge is -2.41. The van der Waals surface area contributed by atoms with Gasteiger partial charge in [0.25, 0.3) is 5.91 Å². The Kier molecular flexibility index (Phi) is 6.81. The lowest BCUT2D eigenvalue weighted by atomic mass is 9.72. The maximum absolute atomic E-state index is 13.3. The van der Waals surface area contributed by atoms with Crippen molar-refractivity contribution in [3.8, 4) is 11.5 Å². The van der Waals surface area contributed by atoms with Crippen LogP contribution in [0.25, 0.3) is 0 Å². The fraction of sp³-hybridized carbons (Fsp3) is 0.571. The van der Waals surface area contributed by atoms with Crippen LogP contribution in [-0.4, -0.2) is 84.9 Å². The number of hydrogen-bond acceptors (Lipinski definition) is 8. The molecule has 1 amide bonds. The van der Waals surface area contributed by atoms with E-state index >= 15 is 0 Å². The van der Waals surface area contributed by atoms with Gasteiger partial charge in [0, 0.05) is 42.5 Å². The number of carbonyl (C=O) groups is 1. The van der Waals surface area contributed by atoms with Crippen LogP contribution < -0.4 is 14.4 Å². The predicted molar refractivity (Wildman–Crippen MR) is 138 cm³/mol. The number of benzene rings is 1. The zero-order valence-corrected chi connectivity index (χ0v) is 22.2. The largest absolute Gasteiger partial charge is 0.493 e. The van der Waals surface area contributed by atoms with Crippen LogP contribution in [0, 0.1) is 5.41 Å². The van der Waals surface area contributed by atoms with E-state index in [1.165, 1.54) is 0 Å². The van der Waals surface area contributed by atoms with E-state index < -0.39 is 23.4 Å². The molecule has 4 atom stereocenters. The highest BCUT2D eigenvalue weighted by atomic mass is 16.7. The molecule has 0 spiro atoms. The van der Waals surface area contributed by atoms with Crippen molar-refractivity contribution in [1.82, 2.24) is 9.88 Å². The number of methoxy groups -OCH3 is 1. The summed E-state index contributed by atoms with van der Waals surface area (Å²) in [5.41, 5.74) is 1.59. The van der Waals surface area contributed by atoms with Crippen molar-refractivity contribution in [2.75, 3.05) is 44.8 Å². The molecule has 1 N–H and O–H groups in total. The zero-order valence-electron chi connectivity index (χ0n) is 22.2. The van der Waals surface area contributed by atoms with Crippen LogP contribution in [0.4, 0.5) is 5.69 Å². The Morgan fingerprint density at radius 1 is 1.14 bits per heavy atom. The summed E-state index contributed by atoms with van der Waals surface area (Å²) >= 11 is 0. The van der Waals surface area contributed by atoms with Crippen LogP contribution in [0.1, 0.15) is 39.2 Å². The van der Waals surface area contributed by atoms with Crippen LogP contribution in [-0.2, 0) is 14.3 Å². The topological polar surface area (TPSA) is 93.6 Å². The molecule has 0 saturated carbocycles. The Hall–Kier alpha value is -2.88. The minimum absolute atomic E-state index is 0.0324. The van der Waals surface area contributed by atoms with E-state index in [-0.39, 0.29) is 24.5 Å². The maximum Gasteiger partial charge on any atom is 0.254 e. The van der Waals surface area contributed by atoms with E-state index in [9.17, 15) is 9.90 Å². The molecule has 3 aliphatic rings. The summed E-state index contributed by atoms with van der Waals surface area (Å²) in [5.74, 6) is 0.371. The van der Waals surface area contributed by atoms with E-state index in [0.29, 0.717) is 24.6 Å². The lowest BCUT2D eigenvalue weighted by molar-refractivity contribution is -0.159. The molecule has 5 rings (SSSR count). The second-order valence-corrected chi connectivity index (χ2v) is 11.0. The third kappa shape index (κ3) is 5.00. The number of likely N-dealkylation sites (tertiary alicyclic amines) is 1. The molecule has 0 unspecified atom stereocenters. The second-order valence-electron chi connectivity index (χ2n) is 11.0. The third-order valence-electron chi connectivity index (χ3n) is 8.04. The maximum atomic E-state index is 13.3. The third-order valence-corrected chi connectivity index (χ3v) is 8.04. The van der Waals surface area contributed by atoms with Crippen LogP contribution in [0.5, 0.6) is 11.5 Å². The highest BCUT2D eigenvalue weighted by Gasteiger charge is 2.50. The standard InChI is InChI=1S/C28H37N3O6/c1-18(32)28(4)17-31(26(33)25-16-35-27(2,3)37-25)15-22(28)19-6-7-23(34-5)24(12-19)36-21-13-30(14-21)20-8-10-29-11-9-20/h6-12,18,21-22,25,32H,13-17H2,1-5H3/t18-,22+,25+,28+/m1/s1. The summed E-state index contributed by atoms with van der Waals surface area (Å²) in [5, 5.41) is 10.8. The van der Waals surface area contributed by atoms with Crippen molar-refractivity contribution in [1.29, 1.82) is 0 Å². The number of anilines is 1. The molecular weight excluding hydrogens is 474 g/mol. The van der Waals surface area contributed by atoms with Crippen molar-refractivity contribution in [2.45, 2.75) is 57.7 Å². The molecule has 1 aromatic heterocycles. The molecule has 3 fully saturated rings. The van der Waals surface area contributed by atoms with Gasteiger partial charge in [0.05, 0.1) is 32.9 Å². The Morgan fingerprint density at radius 3 is 2.49 bits per heavy atom. The number of rotatable bonds is 7. The molecule has 3 saturated heterocycles. The van der Waals surface area contributed by atoms with Crippen LogP contribution in [0.2, 0.25) is 0 Å². The number of aromatic nitrogens is 1. The van der Waals surface area contributed by atoms with Gasteiger partial charge in [0.1, 0.15) is 6.10 Å². The molecule has 2 aromatic rings. The van der Waals surface area contributed by atoms with Crippen LogP contribution >= 0.6 is 0 Å². The number of ether oxygens (including phenoxy) is 4. The van der Waals surface area contributed by atoms with Crippen LogP contribution in [0.15, 0.2) is 42.7 Å². The van der Waals surface area contributed by atoms with Gasteiger partial charge in [-0.05, 0) is 50.6 Å². The van der Waals surface area contributed by atoms with Gasteiger partial charge in [0.15, 0.2) is 23.4 Å². The molecule has 9 nitrogen and oxygen atoms in total. The average molecular weight is 512 g/mol. The Balaban J connectivity index is 1.33. The summed E-state index contributed by atoms with van der Waals surface area (Å²) < 4.78 is 23.4. The summed E-state index contributed by atoms with van der Waals surface area (Å²) in [7, 11) is 1.63. The number of hydrogen-bond donors (Lipinski definition) is 1. The first-order valence-corrected chi connectivity index (χ1v) is 12.9. The minimum Gasteiger partial charge on any atom is -0.493 e. The zero-order chi connectivity index (χ0) is 26.4. The van der Waals surface area contributed by atoms with Gasteiger partial charge in [-0.15, -0.1) is 0 Å². The molecule has 0 radical (unpaired) electrons. The van der Waals surface area contributed by atoms with E-state index in [4.69, 9.17) is 18.9 Å². The molecule has 200 valence electrons. The fourth-order valence-corrected chi connectivity index (χ4v) is 5.56. The van der Waals surface area contributed by atoms with Crippen molar-refractivity contribution < 1.29 is 28.8 Å². The second kappa shape index (κ2) is 9.78. The molecule has 9 heteroatoms. The first-order valence-electron chi connectivity index (χ1n) is 12.9. The molecule has 0 bridgehead atoms. The summed E-state index contributed by atoms with van der Waals surface area (Å²) in [6.45, 7) is 10.1. The van der Waals surface area contributed by atoms with E-state index in [2.05, 4.69) is 9.88 Å². The van der Waals surface area contributed by atoms with E-state index in [0.717, 1.165) is 24.3 Å². The van der Waals surface area contributed by atoms with Gasteiger partial charge in [-0.2, -0.15) is 0 Å². The first kappa shape index (κ1) is 25.8. The average Bonchev–Trinajstić information content (AvgIpc) is 3.41. The number of amides is 1.